The van der Waals surface area contributed by atoms with Gasteiger partial charge >= 0.3 is 0 Å². The smallest absolute Gasteiger partial charge is 0.126 e. The van der Waals surface area contributed by atoms with Gasteiger partial charge in [-0.1, -0.05) is 31.0 Å². The van der Waals surface area contributed by atoms with E-state index in [9.17, 15) is 4.39 Å². The highest BCUT2D eigenvalue weighted by molar-refractivity contribution is 5.24. The Bertz CT molecular complexity index is 419. The second-order valence-electron chi connectivity index (χ2n) is 6.39. The average molecular weight is 261 g/mol. The Morgan fingerprint density at radius 2 is 1.84 bits per heavy atom. The predicted molar refractivity (Wildman–Crippen MR) is 76.7 cm³/mol. The van der Waals surface area contributed by atoms with Crippen molar-refractivity contribution in [2.75, 3.05) is 0 Å². The minimum Gasteiger partial charge on any atom is -0.311 e. The van der Waals surface area contributed by atoms with Crippen LogP contribution in [0, 0.1) is 11.7 Å². The Hall–Kier alpha value is -0.890. The molecule has 0 radical (unpaired) electrons. The number of rotatable bonds is 4. The molecule has 3 rings (SSSR count). The summed E-state index contributed by atoms with van der Waals surface area (Å²) in [5, 5.41) is 3.76. The van der Waals surface area contributed by atoms with Crippen molar-refractivity contribution in [1.82, 2.24) is 5.32 Å². The fourth-order valence-electron chi connectivity index (χ4n) is 3.78. The van der Waals surface area contributed by atoms with E-state index >= 15 is 0 Å². The Morgan fingerprint density at radius 1 is 1.16 bits per heavy atom. The second kappa shape index (κ2) is 5.62. The molecule has 0 saturated heterocycles. The topological polar surface area (TPSA) is 12.0 Å². The highest BCUT2D eigenvalue weighted by Crippen LogP contribution is 2.39. The molecule has 2 saturated carbocycles. The van der Waals surface area contributed by atoms with Crippen molar-refractivity contribution in [1.29, 1.82) is 0 Å². The standard InChI is InChI=1S/C17H24FN/c1-12(13-6-2-3-7-13)19-15-10-14(11-15)16-8-4-5-9-17(16)18/h4-5,8-9,12-15,19H,2-3,6-7,10-11H2,1H3/t12-,14?,15?/m0/s1. The number of benzene rings is 1. The van der Waals surface area contributed by atoms with E-state index in [1.165, 1.54) is 25.7 Å². The average Bonchev–Trinajstić information content (AvgIpc) is 2.88. The lowest BCUT2D eigenvalue weighted by molar-refractivity contribution is 0.236. The van der Waals surface area contributed by atoms with E-state index in [1.807, 2.05) is 12.1 Å². The van der Waals surface area contributed by atoms with Gasteiger partial charge < -0.3 is 5.32 Å². The van der Waals surface area contributed by atoms with Crippen molar-refractivity contribution in [2.24, 2.45) is 5.92 Å². The highest BCUT2D eigenvalue weighted by atomic mass is 19.1. The van der Waals surface area contributed by atoms with E-state index in [-0.39, 0.29) is 5.82 Å². The maximum Gasteiger partial charge on any atom is 0.126 e. The monoisotopic (exact) mass is 261 g/mol. The first kappa shape index (κ1) is 13.1. The van der Waals surface area contributed by atoms with Crippen LogP contribution in [0.15, 0.2) is 24.3 Å². The van der Waals surface area contributed by atoms with Gasteiger partial charge in [-0.2, -0.15) is 0 Å². The van der Waals surface area contributed by atoms with E-state index in [0.717, 1.165) is 24.3 Å². The van der Waals surface area contributed by atoms with Crippen molar-refractivity contribution < 1.29 is 4.39 Å². The third-order valence-corrected chi connectivity index (χ3v) is 5.09. The van der Waals surface area contributed by atoms with Crippen LogP contribution in [0.25, 0.3) is 0 Å². The summed E-state index contributed by atoms with van der Waals surface area (Å²) < 4.78 is 13.7. The molecule has 1 N–H and O–H groups in total. The second-order valence-corrected chi connectivity index (χ2v) is 6.39. The molecule has 1 nitrogen and oxygen atoms in total. The molecular weight excluding hydrogens is 237 g/mol. The van der Waals surface area contributed by atoms with Crippen LogP contribution in [-0.2, 0) is 0 Å². The van der Waals surface area contributed by atoms with Gasteiger partial charge in [0.15, 0.2) is 0 Å². The summed E-state index contributed by atoms with van der Waals surface area (Å²) in [7, 11) is 0. The molecule has 2 heteroatoms. The van der Waals surface area contributed by atoms with Crippen LogP contribution in [0.2, 0.25) is 0 Å². The predicted octanol–water partition coefficient (Wildman–Crippen LogP) is 4.24. The Morgan fingerprint density at radius 3 is 2.53 bits per heavy atom. The first-order chi connectivity index (χ1) is 9.24. The van der Waals surface area contributed by atoms with E-state index < -0.39 is 0 Å². The SMILES string of the molecule is C[C@H](NC1CC(c2ccccc2F)C1)C1CCCC1. The zero-order valence-corrected chi connectivity index (χ0v) is 11.7. The molecule has 0 spiro atoms. The Kier molecular flexibility index (Phi) is 3.88. The largest absolute Gasteiger partial charge is 0.311 e. The molecule has 0 aliphatic heterocycles. The van der Waals surface area contributed by atoms with Gasteiger partial charge in [0.2, 0.25) is 0 Å². The van der Waals surface area contributed by atoms with Crippen molar-refractivity contribution in [2.45, 2.75) is 63.5 Å². The van der Waals surface area contributed by atoms with Crippen LogP contribution in [-0.4, -0.2) is 12.1 Å². The van der Waals surface area contributed by atoms with Crippen molar-refractivity contribution in [3.8, 4) is 0 Å². The molecule has 0 unspecified atom stereocenters. The van der Waals surface area contributed by atoms with Crippen molar-refractivity contribution in [3.63, 3.8) is 0 Å². The maximum absolute atomic E-state index is 13.7. The fraction of sp³-hybridized carbons (Fsp3) is 0.647. The molecule has 2 aliphatic carbocycles. The van der Waals surface area contributed by atoms with Gasteiger partial charge in [0, 0.05) is 12.1 Å². The van der Waals surface area contributed by atoms with E-state index in [4.69, 9.17) is 0 Å². The minimum absolute atomic E-state index is 0.0326. The van der Waals surface area contributed by atoms with E-state index in [0.29, 0.717) is 18.0 Å². The van der Waals surface area contributed by atoms with Gasteiger partial charge in [0.25, 0.3) is 0 Å². The summed E-state index contributed by atoms with van der Waals surface area (Å²) in [6.07, 6.45) is 7.77. The fourth-order valence-corrected chi connectivity index (χ4v) is 3.78. The van der Waals surface area contributed by atoms with E-state index in [2.05, 4.69) is 12.2 Å². The number of hydrogen-bond acceptors (Lipinski definition) is 1. The molecule has 1 aromatic carbocycles. The third-order valence-electron chi connectivity index (χ3n) is 5.09. The number of hydrogen-bond donors (Lipinski definition) is 1. The first-order valence-electron chi connectivity index (χ1n) is 7.74. The number of nitrogens with one attached hydrogen (secondary N) is 1. The van der Waals surface area contributed by atoms with Crippen LogP contribution in [0.3, 0.4) is 0 Å². The zero-order chi connectivity index (χ0) is 13.2. The van der Waals surface area contributed by atoms with E-state index in [1.54, 1.807) is 12.1 Å². The summed E-state index contributed by atoms with van der Waals surface area (Å²) in [5.74, 6) is 1.26. The molecule has 1 atom stereocenters. The normalized spacial score (nSPS) is 29.2. The summed E-state index contributed by atoms with van der Waals surface area (Å²) in [6.45, 7) is 2.33. The molecule has 0 aromatic heterocycles. The van der Waals surface area contributed by atoms with Crippen LogP contribution in [0.1, 0.15) is 56.9 Å². The molecule has 104 valence electrons. The molecular formula is C17H24FN. The summed E-state index contributed by atoms with van der Waals surface area (Å²) >= 11 is 0. The highest BCUT2D eigenvalue weighted by Gasteiger charge is 2.33. The molecule has 0 heterocycles. The summed E-state index contributed by atoms with van der Waals surface area (Å²) in [4.78, 5) is 0. The molecule has 0 bridgehead atoms. The molecule has 2 fully saturated rings. The van der Waals surface area contributed by atoms with Crippen molar-refractivity contribution in [3.05, 3.63) is 35.6 Å². The van der Waals surface area contributed by atoms with Crippen molar-refractivity contribution >= 4 is 0 Å². The van der Waals surface area contributed by atoms with Gasteiger partial charge in [0.05, 0.1) is 0 Å². The zero-order valence-electron chi connectivity index (χ0n) is 11.7. The quantitative estimate of drug-likeness (QED) is 0.854. The van der Waals surface area contributed by atoms with Crippen LogP contribution in [0.5, 0.6) is 0 Å². The van der Waals surface area contributed by atoms with Gasteiger partial charge in [-0.3, -0.25) is 0 Å². The minimum atomic E-state index is -0.0326. The molecule has 19 heavy (non-hydrogen) atoms. The molecule has 0 amide bonds. The number of halogens is 1. The maximum atomic E-state index is 13.7. The van der Waals surface area contributed by atoms with Gasteiger partial charge in [0.1, 0.15) is 5.82 Å². The lowest BCUT2D eigenvalue weighted by atomic mass is 9.75. The Balaban J connectivity index is 1.49. The van der Waals surface area contributed by atoms with Crippen LogP contribution in [0.4, 0.5) is 4.39 Å². The Labute approximate surface area is 115 Å². The molecule has 1 aromatic rings. The lowest BCUT2D eigenvalue weighted by Gasteiger charge is -2.39. The summed E-state index contributed by atoms with van der Waals surface area (Å²) in [5.41, 5.74) is 0.911. The summed E-state index contributed by atoms with van der Waals surface area (Å²) in [6, 6.07) is 8.47. The molecule has 2 aliphatic rings. The van der Waals surface area contributed by atoms with Crippen LogP contribution < -0.4 is 5.32 Å². The van der Waals surface area contributed by atoms with Gasteiger partial charge in [-0.15, -0.1) is 0 Å². The van der Waals surface area contributed by atoms with Crippen LogP contribution >= 0.6 is 0 Å². The third kappa shape index (κ3) is 2.84. The van der Waals surface area contributed by atoms with Gasteiger partial charge in [-0.05, 0) is 56.1 Å². The lowest BCUT2D eigenvalue weighted by Crippen LogP contribution is -2.46. The van der Waals surface area contributed by atoms with Gasteiger partial charge in [-0.25, -0.2) is 4.39 Å². The first-order valence-corrected chi connectivity index (χ1v) is 7.74.